The highest BCUT2D eigenvalue weighted by Gasteiger charge is 2.46. The van der Waals surface area contributed by atoms with Crippen molar-refractivity contribution < 1.29 is 0 Å². The molecule has 0 aromatic heterocycles. The maximum Gasteiger partial charge on any atom is 0.0213 e. The monoisotopic (exact) mass is 162 g/mol. The molecule has 52 valence electrons. The molecule has 2 aliphatic heterocycles. The van der Waals surface area contributed by atoms with Gasteiger partial charge in [-0.15, -0.1) is 0 Å². The lowest BCUT2D eigenvalue weighted by molar-refractivity contribution is 0.0222. The first-order valence-corrected chi connectivity index (χ1v) is 6.02. The minimum atomic E-state index is 0.726. The van der Waals surface area contributed by atoms with Gasteiger partial charge in [-0.1, -0.05) is 8.93 Å². The van der Waals surface area contributed by atoms with Gasteiger partial charge in [-0.3, -0.25) is 4.67 Å². The number of hydrogen-bond acceptors (Lipinski definition) is 2. The molecule has 0 aromatic carbocycles. The molecule has 2 heterocycles. The van der Waals surface area contributed by atoms with E-state index >= 15 is 0 Å². The van der Waals surface area contributed by atoms with Crippen molar-refractivity contribution in [3.63, 3.8) is 0 Å². The topological polar surface area (TPSA) is 15.3 Å². The van der Waals surface area contributed by atoms with E-state index in [0.29, 0.717) is 0 Å². The molecule has 1 N–H and O–H groups in total. The molecule has 2 rings (SSSR count). The van der Waals surface area contributed by atoms with Gasteiger partial charge in [0.25, 0.3) is 0 Å². The van der Waals surface area contributed by atoms with Crippen molar-refractivity contribution in [2.24, 2.45) is 5.41 Å². The second-order valence-electron chi connectivity index (χ2n) is 3.09. The first kappa shape index (κ1) is 6.49. The largest absolute Gasteiger partial charge is 0.315 e. The van der Waals surface area contributed by atoms with Crippen molar-refractivity contribution >= 4 is 17.3 Å². The third-order valence-electron chi connectivity index (χ3n) is 2.24. The Bertz CT molecular complexity index is 116. The minimum Gasteiger partial charge on any atom is -0.315 e. The molecule has 2 atom stereocenters. The predicted molar refractivity (Wildman–Crippen MR) is 44.9 cm³/mol. The summed E-state index contributed by atoms with van der Waals surface area (Å²) in [6.45, 7) is 5.20. The summed E-state index contributed by atoms with van der Waals surface area (Å²) in [6, 6.07) is 0. The Balaban J connectivity index is 1.82. The van der Waals surface area contributed by atoms with E-state index in [1.54, 1.807) is 0 Å². The summed E-state index contributed by atoms with van der Waals surface area (Å²) in [4.78, 5) is 0. The number of nitrogens with zero attached hydrogens (tertiary/aromatic N) is 1. The highest BCUT2D eigenvalue weighted by molar-refractivity contribution is 8.01. The van der Waals surface area contributed by atoms with Gasteiger partial charge in [0.1, 0.15) is 0 Å². The average molecular weight is 162 g/mol. The molecule has 0 radical (unpaired) electrons. The Morgan fingerprint density at radius 2 is 2.11 bits per heavy atom. The lowest BCUT2D eigenvalue weighted by Crippen LogP contribution is -2.68. The third kappa shape index (κ3) is 0.935. The van der Waals surface area contributed by atoms with Crippen LogP contribution in [-0.2, 0) is 0 Å². The van der Waals surface area contributed by atoms with E-state index in [4.69, 9.17) is 0 Å². The summed E-state index contributed by atoms with van der Waals surface area (Å²) in [5.74, 6) is 0. The molecule has 2 saturated heterocycles. The molecule has 0 amide bonds. The summed E-state index contributed by atoms with van der Waals surface area (Å²) in [6.07, 6.45) is 0. The zero-order chi connectivity index (χ0) is 6.32. The molecular weight excluding hydrogens is 150 g/mol. The Hall–Kier alpha value is 0.780. The van der Waals surface area contributed by atoms with Gasteiger partial charge >= 0.3 is 0 Å². The fourth-order valence-electron chi connectivity index (χ4n) is 1.56. The van der Waals surface area contributed by atoms with E-state index in [1.165, 1.54) is 26.2 Å². The molecule has 0 saturated carbocycles. The van der Waals surface area contributed by atoms with Crippen LogP contribution >= 0.6 is 17.3 Å². The van der Waals surface area contributed by atoms with Crippen LogP contribution in [0.15, 0.2) is 0 Å². The highest BCUT2D eigenvalue weighted by Crippen LogP contribution is 2.43. The Morgan fingerprint density at radius 1 is 1.44 bits per heavy atom. The van der Waals surface area contributed by atoms with E-state index in [0.717, 1.165) is 13.8 Å². The zero-order valence-corrected chi connectivity index (χ0v) is 7.51. The summed E-state index contributed by atoms with van der Waals surface area (Å²) < 4.78 is 2.49. The summed E-state index contributed by atoms with van der Waals surface area (Å²) in [5, 5.41) is 3.32. The molecule has 2 unspecified atom stereocenters. The minimum absolute atomic E-state index is 0.726. The number of rotatable bonds is 1. The van der Waals surface area contributed by atoms with Crippen LogP contribution < -0.4 is 5.32 Å². The first-order chi connectivity index (χ1) is 4.35. The van der Waals surface area contributed by atoms with E-state index in [1.807, 2.05) is 0 Å². The normalized spacial score (nSPS) is 33.0. The summed E-state index contributed by atoms with van der Waals surface area (Å²) in [7, 11) is 3.74. The smallest absolute Gasteiger partial charge is 0.0213 e. The zero-order valence-electron chi connectivity index (χ0n) is 5.35. The molecule has 2 nitrogen and oxygen atoms in total. The first-order valence-electron chi connectivity index (χ1n) is 3.27. The SMILES string of the molecule is PPN1CC2(CNC2)C1. The van der Waals surface area contributed by atoms with E-state index in [-0.39, 0.29) is 0 Å². The van der Waals surface area contributed by atoms with Gasteiger partial charge in [0.2, 0.25) is 0 Å². The Kier molecular flexibility index (Phi) is 1.54. The Labute approximate surface area is 59.7 Å². The lowest BCUT2D eigenvalue weighted by atomic mass is 9.76. The average Bonchev–Trinajstić information content (AvgIpc) is 1.59. The molecule has 1 spiro atoms. The molecule has 9 heavy (non-hydrogen) atoms. The predicted octanol–water partition coefficient (Wildman–Crippen LogP) is 0.275. The van der Waals surface area contributed by atoms with Crippen LogP contribution in [0.4, 0.5) is 0 Å². The standard InChI is InChI=1S/C5H12N2P2/c8-9-7-3-5(4-7)1-6-2-5/h6,9H,1-4,8H2. The molecule has 2 fully saturated rings. The van der Waals surface area contributed by atoms with Crippen molar-refractivity contribution in [2.75, 3.05) is 26.2 Å². The molecule has 0 aliphatic carbocycles. The fourth-order valence-corrected chi connectivity index (χ4v) is 2.96. The summed E-state index contributed by atoms with van der Waals surface area (Å²) in [5.41, 5.74) is 0.726. The van der Waals surface area contributed by atoms with Gasteiger partial charge in [0, 0.05) is 31.6 Å². The van der Waals surface area contributed by atoms with Gasteiger partial charge < -0.3 is 5.32 Å². The Morgan fingerprint density at radius 3 is 2.44 bits per heavy atom. The van der Waals surface area contributed by atoms with Crippen LogP contribution in [0.5, 0.6) is 0 Å². The quantitative estimate of drug-likeness (QED) is 0.557. The molecule has 4 heteroatoms. The van der Waals surface area contributed by atoms with Gasteiger partial charge in [-0.2, -0.15) is 0 Å². The molecule has 0 aromatic rings. The number of hydrogen-bond donors (Lipinski definition) is 1. The van der Waals surface area contributed by atoms with E-state index in [2.05, 4.69) is 18.9 Å². The van der Waals surface area contributed by atoms with Crippen molar-refractivity contribution in [2.45, 2.75) is 0 Å². The molecule has 0 bridgehead atoms. The summed E-state index contributed by atoms with van der Waals surface area (Å²) >= 11 is 0. The second-order valence-corrected chi connectivity index (χ2v) is 4.75. The van der Waals surface area contributed by atoms with Crippen molar-refractivity contribution in [3.8, 4) is 0 Å². The molecule has 2 aliphatic rings. The number of nitrogens with one attached hydrogen (secondary N) is 1. The van der Waals surface area contributed by atoms with Crippen molar-refractivity contribution in [1.29, 1.82) is 0 Å². The highest BCUT2D eigenvalue weighted by atomic mass is 32.0. The van der Waals surface area contributed by atoms with Crippen molar-refractivity contribution in [1.82, 2.24) is 9.99 Å². The lowest BCUT2D eigenvalue weighted by Gasteiger charge is -2.55. The van der Waals surface area contributed by atoms with Crippen LogP contribution in [0.2, 0.25) is 0 Å². The fraction of sp³-hybridized carbons (Fsp3) is 1.00. The van der Waals surface area contributed by atoms with Gasteiger partial charge in [0.05, 0.1) is 0 Å². The van der Waals surface area contributed by atoms with Crippen LogP contribution in [-0.4, -0.2) is 30.8 Å². The van der Waals surface area contributed by atoms with Crippen LogP contribution in [0.1, 0.15) is 0 Å². The van der Waals surface area contributed by atoms with E-state index < -0.39 is 0 Å². The van der Waals surface area contributed by atoms with Crippen LogP contribution in [0, 0.1) is 5.41 Å². The van der Waals surface area contributed by atoms with Gasteiger partial charge in [-0.25, -0.2) is 0 Å². The van der Waals surface area contributed by atoms with Crippen LogP contribution in [0.25, 0.3) is 0 Å². The maximum atomic E-state index is 3.32. The van der Waals surface area contributed by atoms with E-state index in [9.17, 15) is 0 Å². The molecular formula is C5H12N2P2. The third-order valence-corrected chi connectivity index (χ3v) is 4.01. The van der Waals surface area contributed by atoms with Gasteiger partial charge in [0.15, 0.2) is 0 Å². The maximum absolute atomic E-state index is 3.32. The van der Waals surface area contributed by atoms with Gasteiger partial charge in [-0.05, 0) is 8.42 Å². The van der Waals surface area contributed by atoms with Crippen LogP contribution in [0.3, 0.4) is 0 Å². The second kappa shape index (κ2) is 2.13. The van der Waals surface area contributed by atoms with Crippen molar-refractivity contribution in [3.05, 3.63) is 0 Å².